The highest BCUT2D eigenvalue weighted by molar-refractivity contribution is 8.00. The number of hydrogen-bond acceptors (Lipinski definition) is 3. The van der Waals surface area contributed by atoms with Gasteiger partial charge in [0.25, 0.3) is 0 Å². The lowest BCUT2D eigenvalue weighted by Crippen LogP contribution is -2.07. The van der Waals surface area contributed by atoms with E-state index in [1.165, 1.54) is 42.6 Å². The fourth-order valence-electron chi connectivity index (χ4n) is 7.01. The number of nitrogens with zero attached hydrogens (tertiary/aromatic N) is 4. The van der Waals surface area contributed by atoms with Crippen LogP contribution >= 0.6 is 11.8 Å². The van der Waals surface area contributed by atoms with E-state index < -0.39 is 0 Å². The number of hydrogen-bond donors (Lipinski definition) is 0. The molecule has 4 heterocycles. The first-order valence-electron chi connectivity index (χ1n) is 15.1. The SMILES string of the molecule is c1ccc(-c2nc3ccccc3nc2-c2cccc3c2Sc2cccc4c5c6ccccc6n(-c6ccccc6)c5n-3c24)cc1. The first-order chi connectivity index (χ1) is 22.3. The van der Waals surface area contributed by atoms with E-state index in [-0.39, 0.29) is 0 Å². The molecule has 45 heavy (non-hydrogen) atoms. The zero-order chi connectivity index (χ0) is 29.5. The zero-order valence-corrected chi connectivity index (χ0v) is 24.9. The molecular weight excluding hydrogens is 569 g/mol. The van der Waals surface area contributed by atoms with E-state index in [1.54, 1.807) is 0 Å². The van der Waals surface area contributed by atoms with E-state index in [9.17, 15) is 0 Å². The van der Waals surface area contributed by atoms with Gasteiger partial charge in [-0.05, 0) is 42.5 Å². The van der Waals surface area contributed by atoms with Gasteiger partial charge in [0.2, 0.25) is 0 Å². The average molecular weight is 593 g/mol. The van der Waals surface area contributed by atoms with Crippen LogP contribution in [0.5, 0.6) is 0 Å². The van der Waals surface area contributed by atoms with Crippen LogP contribution in [0.2, 0.25) is 0 Å². The van der Waals surface area contributed by atoms with Crippen LogP contribution in [0, 0.1) is 0 Å². The van der Waals surface area contributed by atoms with Crippen LogP contribution in [0.3, 0.4) is 0 Å². The highest BCUT2D eigenvalue weighted by Crippen LogP contribution is 2.52. The Hall–Kier alpha value is -5.65. The van der Waals surface area contributed by atoms with Crippen molar-refractivity contribution in [1.29, 1.82) is 0 Å². The summed E-state index contributed by atoms with van der Waals surface area (Å²) in [5.74, 6) is 0. The van der Waals surface area contributed by atoms with E-state index in [0.717, 1.165) is 44.9 Å². The Morgan fingerprint density at radius 2 is 1.18 bits per heavy atom. The van der Waals surface area contributed by atoms with Crippen molar-refractivity contribution in [2.45, 2.75) is 9.79 Å². The summed E-state index contributed by atoms with van der Waals surface area (Å²) in [5, 5.41) is 3.81. The molecule has 0 fully saturated rings. The third kappa shape index (κ3) is 3.50. The van der Waals surface area contributed by atoms with Gasteiger partial charge in [0.05, 0.1) is 39.1 Å². The van der Waals surface area contributed by atoms with Gasteiger partial charge in [0.15, 0.2) is 0 Å². The maximum Gasteiger partial charge on any atom is 0.131 e. The lowest BCUT2D eigenvalue weighted by Gasteiger charge is -2.24. The van der Waals surface area contributed by atoms with Gasteiger partial charge in [-0.25, -0.2) is 9.97 Å². The Bertz CT molecular complexity index is 2620. The minimum Gasteiger partial charge on any atom is -0.295 e. The van der Waals surface area contributed by atoms with Crippen molar-refractivity contribution in [3.63, 3.8) is 0 Å². The van der Waals surface area contributed by atoms with Crippen LogP contribution in [-0.2, 0) is 0 Å². The monoisotopic (exact) mass is 592 g/mol. The molecule has 0 N–H and O–H groups in total. The summed E-state index contributed by atoms with van der Waals surface area (Å²) in [7, 11) is 0. The molecule has 0 saturated carbocycles. The fourth-order valence-corrected chi connectivity index (χ4v) is 8.21. The number of benzene rings is 6. The van der Waals surface area contributed by atoms with E-state index >= 15 is 0 Å². The number of fused-ring (bicyclic) bond motifs is 8. The predicted octanol–water partition coefficient (Wildman–Crippen LogP) is 10.5. The molecule has 0 saturated heterocycles. The van der Waals surface area contributed by atoms with Gasteiger partial charge in [0, 0.05) is 42.8 Å². The second kappa shape index (κ2) is 9.42. The Morgan fingerprint density at radius 3 is 2.00 bits per heavy atom. The van der Waals surface area contributed by atoms with E-state index in [4.69, 9.17) is 9.97 Å². The lowest BCUT2D eigenvalue weighted by atomic mass is 10.0. The summed E-state index contributed by atoms with van der Waals surface area (Å²) < 4.78 is 4.91. The van der Waals surface area contributed by atoms with E-state index in [0.29, 0.717) is 0 Å². The van der Waals surface area contributed by atoms with Gasteiger partial charge >= 0.3 is 0 Å². The molecule has 1 aliphatic rings. The van der Waals surface area contributed by atoms with Gasteiger partial charge in [-0.1, -0.05) is 115 Å². The smallest absolute Gasteiger partial charge is 0.131 e. The van der Waals surface area contributed by atoms with Crippen LogP contribution in [0.4, 0.5) is 0 Å². The van der Waals surface area contributed by atoms with Crippen LogP contribution in [0.15, 0.2) is 155 Å². The number of aromatic nitrogens is 4. The maximum atomic E-state index is 5.29. The Balaban J connectivity index is 1.34. The largest absolute Gasteiger partial charge is 0.295 e. The average Bonchev–Trinajstić information content (AvgIpc) is 3.63. The van der Waals surface area contributed by atoms with Gasteiger partial charge in [-0.2, -0.15) is 0 Å². The van der Waals surface area contributed by atoms with Gasteiger partial charge < -0.3 is 0 Å². The summed E-state index contributed by atoms with van der Waals surface area (Å²) in [6.07, 6.45) is 0. The molecule has 10 rings (SSSR count). The molecule has 9 aromatic rings. The summed E-state index contributed by atoms with van der Waals surface area (Å²) in [6, 6.07) is 51.4. The maximum absolute atomic E-state index is 5.29. The highest BCUT2D eigenvalue weighted by Gasteiger charge is 2.30. The minimum absolute atomic E-state index is 0.890. The first kappa shape index (κ1) is 24.8. The third-order valence-corrected chi connectivity index (χ3v) is 10.1. The molecule has 0 spiro atoms. The van der Waals surface area contributed by atoms with E-state index in [1.807, 2.05) is 36.0 Å². The molecule has 210 valence electrons. The summed E-state index contributed by atoms with van der Waals surface area (Å²) in [6.45, 7) is 0. The molecule has 4 nitrogen and oxygen atoms in total. The van der Waals surface area contributed by atoms with Crippen LogP contribution < -0.4 is 0 Å². The molecule has 0 amide bonds. The van der Waals surface area contributed by atoms with Crippen molar-refractivity contribution >= 4 is 55.6 Å². The second-order valence-electron chi connectivity index (χ2n) is 11.4. The first-order valence-corrected chi connectivity index (χ1v) is 15.9. The number of para-hydroxylation sites is 5. The van der Waals surface area contributed by atoms with Crippen LogP contribution in [0.25, 0.3) is 77.8 Å². The summed E-state index contributed by atoms with van der Waals surface area (Å²) >= 11 is 1.83. The third-order valence-electron chi connectivity index (χ3n) is 8.89. The van der Waals surface area contributed by atoms with E-state index in [2.05, 4.69) is 130 Å². The summed E-state index contributed by atoms with van der Waals surface area (Å²) in [5.41, 5.74) is 11.6. The molecule has 0 atom stereocenters. The lowest BCUT2D eigenvalue weighted by molar-refractivity contribution is 1.03. The molecule has 3 aromatic heterocycles. The van der Waals surface area contributed by atoms with Crippen molar-refractivity contribution in [2.75, 3.05) is 0 Å². The topological polar surface area (TPSA) is 35.6 Å². The predicted molar refractivity (Wildman–Crippen MR) is 186 cm³/mol. The zero-order valence-electron chi connectivity index (χ0n) is 24.1. The van der Waals surface area contributed by atoms with Gasteiger partial charge in [0.1, 0.15) is 5.65 Å². The van der Waals surface area contributed by atoms with Crippen molar-refractivity contribution in [1.82, 2.24) is 19.1 Å². The van der Waals surface area contributed by atoms with Crippen LogP contribution in [0.1, 0.15) is 0 Å². The van der Waals surface area contributed by atoms with Crippen molar-refractivity contribution in [3.05, 3.63) is 146 Å². The van der Waals surface area contributed by atoms with Gasteiger partial charge in [-0.15, -0.1) is 0 Å². The minimum atomic E-state index is 0.890. The Kier molecular flexibility index (Phi) is 5.18. The second-order valence-corrected chi connectivity index (χ2v) is 12.5. The molecule has 5 heteroatoms. The highest BCUT2D eigenvalue weighted by atomic mass is 32.2. The van der Waals surface area contributed by atoms with Crippen molar-refractivity contribution < 1.29 is 0 Å². The quantitative estimate of drug-likeness (QED) is 0.205. The Morgan fingerprint density at radius 1 is 0.511 bits per heavy atom. The fraction of sp³-hybridized carbons (Fsp3) is 0. The van der Waals surface area contributed by atoms with Crippen molar-refractivity contribution in [3.8, 4) is 33.9 Å². The van der Waals surface area contributed by atoms with Crippen LogP contribution in [-0.4, -0.2) is 19.1 Å². The standard InChI is InChI=1S/C40H24N4S/c1-3-13-25(14-4-1)36-37(42-31-21-9-8-20-30(31)41-36)29-19-11-23-33-39(29)45-34-24-12-18-28-35-27-17-7-10-22-32(27)43(26-15-5-2-6-16-26)40(35)44(33)38(28)34/h1-24H. The van der Waals surface area contributed by atoms with Crippen molar-refractivity contribution in [2.24, 2.45) is 0 Å². The molecule has 0 bridgehead atoms. The summed E-state index contributed by atoms with van der Waals surface area (Å²) in [4.78, 5) is 12.9. The molecule has 0 radical (unpaired) electrons. The Labute approximate surface area is 263 Å². The molecule has 1 aliphatic heterocycles. The molecular formula is C40H24N4S. The molecule has 0 unspecified atom stereocenters. The molecule has 0 aliphatic carbocycles. The normalized spacial score (nSPS) is 12.4. The number of rotatable bonds is 3. The van der Waals surface area contributed by atoms with Gasteiger partial charge in [-0.3, -0.25) is 9.13 Å². The molecule has 6 aromatic carbocycles.